The summed E-state index contributed by atoms with van der Waals surface area (Å²) in [5.41, 5.74) is 3.32. The molecule has 190 valence electrons. The summed E-state index contributed by atoms with van der Waals surface area (Å²) in [7, 11) is -8.33. The molecule has 0 unspecified atom stereocenters. The van der Waals surface area contributed by atoms with Gasteiger partial charge in [-0.2, -0.15) is 0 Å². The number of sulfone groups is 2. The van der Waals surface area contributed by atoms with Gasteiger partial charge in [0.1, 0.15) is 0 Å². The Morgan fingerprint density at radius 2 is 1.05 bits per heavy atom. The van der Waals surface area contributed by atoms with Crippen molar-refractivity contribution in [2.75, 3.05) is 0 Å². The summed E-state index contributed by atoms with van der Waals surface area (Å²) in [6.07, 6.45) is 0. The number of carboxylic acids is 1. The molecule has 4 rings (SSSR count). The molecule has 0 aliphatic heterocycles. The second-order valence-electron chi connectivity index (χ2n) is 8.99. The Hall–Kier alpha value is -3.75. The van der Waals surface area contributed by atoms with Crippen LogP contribution in [0.2, 0.25) is 0 Å². The molecule has 0 saturated carbocycles. The molecule has 0 atom stereocenters. The van der Waals surface area contributed by atoms with Gasteiger partial charge in [0.15, 0.2) is 0 Å². The van der Waals surface area contributed by atoms with Crippen molar-refractivity contribution in [3.63, 3.8) is 0 Å². The van der Waals surface area contributed by atoms with E-state index in [4.69, 9.17) is 0 Å². The Kier molecular flexibility index (Phi) is 6.83. The van der Waals surface area contributed by atoms with Gasteiger partial charge < -0.3 is 9.90 Å². The summed E-state index contributed by atoms with van der Waals surface area (Å²) in [6.45, 7) is 7.29. The van der Waals surface area contributed by atoms with Crippen LogP contribution in [0.1, 0.15) is 32.6 Å². The van der Waals surface area contributed by atoms with Crippen LogP contribution in [0.5, 0.6) is 0 Å². The largest absolute Gasteiger partial charge is 0.545 e. The van der Waals surface area contributed by atoms with Gasteiger partial charge in [-0.05, 0) is 91.9 Å². The highest BCUT2D eigenvalue weighted by atomic mass is 32.2. The van der Waals surface area contributed by atoms with Gasteiger partial charge in [-0.1, -0.05) is 42.5 Å². The number of carboxylic acid groups (broad SMARTS) is 1. The summed E-state index contributed by atoms with van der Waals surface area (Å²) in [6, 6.07) is 19.0. The normalized spacial score (nSPS) is 11.9. The van der Waals surface area contributed by atoms with Crippen LogP contribution in [-0.2, 0) is 19.7 Å². The molecule has 37 heavy (non-hydrogen) atoms. The smallest absolute Gasteiger partial charge is 0.207 e. The molecule has 0 spiro atoms. The van der Waals surface area contributed by atoms with Crippen molar-refractivity contribution in [2.45, 2.75) is 47.3 Å². The van der Waals surface area contributed by atoms with Crippen LogP contribution in [0, 0.1) is 27.7 Å². The van der Waals surface area contributed by atoms with Crippen molar-refractivity contribution in [3.8, 4) is 11.1 Å². The Morgan fingerprint density at radius 1 is 0.568 bits per heavy atom. The van der Waals surface area contributed by atoms with Crippen molar-refractivity contribution in [1.82, 2.24) is 0 Å². The SMILES string of the molecule is Cc1ccc(S(=O)(=O)c2ccc(-c3ccccc3C(=O)[O-])c(S(=O)(=O)c3ccc(C)c(C)c3)c2)cc1C. The molecule has 0 saturated heterocycles. The van der Waals surface area contributed by atoms with E-state index >= 15 is 0 Å². The molecule has 4 aromatic carbocycles. The molecule has 0 heterocycles. The van der Waals surface area contributed by atoms with Crippen LogP contribution in [-0.4, -0.2) is 22.8 Å². The van der Waals surface area contributed by atoms with E-state index < -0.39 is 25.6 Å². The molecule has 0 aromatic heterocycles. The van der Waals surface area contributed by atoms with Gasteiger partial charge in [-0.3, -0.25) is 0 Å². The van der Waals surface area contributed by atoms with Crippen LogP contribution < -0.4 is 5.11 Å². The van der Waals surface area contributed by atoms with Crippen molar-refractivity contribution >= 4 is 25.6 Å². The third kappa shape index (κ3) is 4.82. The third-order valence-electron chi connectivity index (χ3n) is 6.57. The molecular formula is C29H25O6S2-. The summed E-state index contributed by atoms with van der Waals surface area (Å²) >= 11 is 0. The Morgan fingerprint density at radius 3 is 1.59 bits per heavy atom. The van der Waals surface area contributed by atoms with E-state index in [-0.39, 0.29) is 36.3 Å². The van der Waals surface area contributed by atoms with Gasteiger partial charge in [-0.25, -0.2) is 16.8 Å². The molecule has 0 bridgehead atoms. The number of carbonyl (C=O) groups excluding carboxylic acids is 1. The molecule has 0 aliphatic rings. The third-order valence-corrected chi connectivity index (χ3v) is 10.1. The number of hydrogen-bond donors (Lipinski definition) is 0. The molecule has 8 heteroatoms. The zero-order valence-electron chi connectivity index (χ0n) is 20.8. The van der Waals surface area contributed by atoms with Crippen molar-refractivity contribution < 1.29 is 26.7 Å². The van der Waals surface area contributed by atoms with Crippen LogP contribution in [0.3, 0.4) is 0 Å². The van der Waals surface area contributed by atoms with E-state index in [2.05, 4.69) is 0 Å². The minimum absolute atomic E-state index is 0.0245. The van der Waals surface area contributed by atoms with E-state index in [9.17, 15) is 26.7 Å². The van der Waals surface area contributed by atoms with Crippen molar-refractivity contribution in [1.29, 1.82) is 0 Å². The topological polar surface area (TPSA) is 108 Å². The zero-order chi connectivity index (χ0) is 27.1. The standard InChI is InChI=1S/C29H26O6S2/c1-18-9-11-22(15-20(18)3)36(32,33)24-13-14-26(25-7-5-6-8-27(25)29(30)31)28(17-24)37(34,35)23-12-10-19(2)21(4)16-23/h5-17H,1-4H3,(H,30,31)/p-1. The summed E-state index contributed by atoms with van der Waals surface area (Å²) < 4.78 is 54.9. The lowest BCUT2D eigenvalue weighted by Crippen LogP contribution is -2.23. The summed E-state index contributed by atoms with van der Waals surface area (Å²) in [5, 5.41) is 11.8. The lowest BCUT2D eigenvalue weighted by Gasteiger charge is -2.17. The maximum absolute atomic E-state index is 13.9. The molecule has 4 aromatic rings. The van der Waals surface area contributed by atoms with Gasteiger partial charge in [0.05, 0.1) is 25.6 Å². The average molecular weight is 534 g/mol. The van der Waals surface area contributed by atoms with E-state index in [1.807, 2.05) is 13.8 Å². The quantitative estimate of drug-likeness (QED) is 0.358. The van der Waals surface area contributed by atoms with Crippen LogP contribution in [0.4, 0.5) is 0 Å². The fourth-order valence-corrected chi connectivity index (χ4v) is 7.06. The number of carbonyl (C=O) groups is 1. The molecule has 6 nitrogen and oxygen atoms in total. The van der Waals surface area contributed by atoms with Gasteiger partial charge in [0, 0.05) is 11.1 Å². The lowest BCUT2D eigenvalue weighted by atomic mass is 10.00. The highest BCUT2D eigenvalue weighted by Crippen LogP contribution is 2.36. The predicted molar refractivity (Wildman–Crippen MR) is 139 cm³/mol. The maximum Gasteiger partial charge on any atom is 0.207 e. The number of benzene rings is 4. The first kappa shape index (κ1) is 26.3. The second-order valence-corrected chi connectivity index (χ2v) is 12.9. The Bertz CT molecular complexity index is 1770. The first-order valence-corrected chi connectivity index (χ1v) is 14.4. The Balaban J connectivity index is 2.03. The van der Waals surface area contributed by atoms with E-state index in [0.717, 1.165) is 28.3 Å². The molecule has 0 fully saturated rings. The first-order valence-electron chi connectivity index (χ1n) is 11.4. The first-order chi connectivity index (χ1) is 17.3. The van der Waals surface area contributed by atoms with Gasteiger partial charge >= 0.3 is 0 Å². The lowest BCUT2D eigenvalue weighted by molar-refractivity contribution is -0.254. The van der Waals surface area contributed by atoms with Crippen molar-refractivity contribution in [3.05, 3.63) is 107 Å². The van der Waals surface area contributed by atoms with E-state index in [1.54, 1.807) is 38.1 Å². The Labute approximate surface area is 217 Å². The van der Waals surface area contributed by atoms with Crippen LogP contribution in [0.25, 0.3) is 11.1 Å². The van der Waals surface area contributed by atoms with Gasteiger partial charge in [0.2, 0.25) is 19.7 Å². The van der Waals surface area contributed by atoms with Gasteiger partial charge in [-0.15, -0.1) is 0 Å². The monoisotopic (exact) mass is 533 g/mol. The van der Waals surface area contributed by atoms with Gasteiger partial charge in [0.25, 0.3) is 0 Å². The summed E-state index contributed by atoms with van der Waals surface area (Å²) in [5.74, 6) is -1.48. The highest BCUT2D eigenvalue weighted by molar-refractivity contribution is 7.92. The molecule has 0 N–H and O–H groups in total. The van der Waals surface area contributed by atoms with Crippen LogP contribution >= 0.6 is 0 Å². The van der Waals surface area contributed by atoms with Crippen molar-refractivity contribution in [2.24, 2.45) is 0 Å². The predicted octanol–water partition coefficient (Wildman–Crippen LogP) is 4.62. The van der Waals surface area contributed by atoms with Crippen LogP contribution in [0.15, 0.2) is 98.4 Å². The second kappa shape index (κ2) is 9.61. The minimum Gasteiger partial charge on any atom is -0.545 e. The molecular weight excluding hydrogens is 508 g/mol. The fraction of sp³-hybridized carbons (Fsp3) is 0.138. The molecule has 0 radical (unpaired) electrons. The fourth-order valence-electron chi connectivity index (χ4n) is 4.04. The molecule has 0 amide bonds. The number of rotatable bonds is 6. The van der Waals surface area contributed by atoms with E-state index in [0.29, 0.717) is 0 Å². The number of hydrogen-bond acceptors (Lipinski definition) is 6. The highest BCUT2D eigenvalue weighted by Gasteiger charge is 2.28. The van der Waals surface area contributed by atoms with E-state index in [1.165, 1.54) is 48.5 Å². The number of aryl methyl sites for hydroxylation is 4. The molecule has 0 aliphatic carbocycles. The zero-order valence-corrected chi connectivity index (χ0v) is 22.4. The average Bonchev–Trinajstić information content (AvgIpc) is 2.86. The number of aromatic carboxylic acids is 1. The minimum atomic E-state index is -4.26. The maximum atomic E-state index is 13.9. The summed E-state index contributed by atoms with van der Waals surface area (Å²) in [4.78, 5) is 11.3.